The summed E-state index contributed by atoms with van der Waals surface area (Å²) in [5.74, 6) is 0.829. The first kappa shape index (κ1) is 14.5. The number of likely N-dealkylation sites (N-methyl/N-ethyl adjacent to an activating group) is 1. The molecule has 20 heavy (non-hydrogen) atoms. The SMILES string of the molecule is CN(C/C=C/COc1ccc(Cl)cc1)c1ccccc1. The third-order valence-electron chi connectivity index (χ3n) is 2.90. The van der Waals surface area contributed by atoms with Gasteiger partial charge >= 0.3 is 0 Å². The number of ether oxygens (including phenoxy) is 1. The number of anilines is 1. The Hall–Kier alpha value is -1.93. The van der Waals surface area contributed by atoms with Crippen molar-refractivity contribution in [2.75, 3.05) is 25.1 Å². The number of para-hydroxylation sites is 1. The molecule has 0 aromatic heterocycles. The summed E-state index contributed by atoms with van der Waals surface area (Å²) in [6.07, 6.45) is 4.12. The molecule has 0 radical (unpaired) electrons. The van der Waals surface area contributed by atoms with Gasteiger partial charge in [-0.1, -0.05) is 35.9 Å². The molecule has 0 saturated heterocycles. The van der Waals surface area contributed by atoms with Crippen LogP contribution in [0.25, 0.3) is 0 Å². The van der Waals surface area contributed by atoms with Gasteiger partial charge in [-0.2, -0.15) is 0 Å². The summed E-state index contributed by atoms with van der Waals surface area (Å²) in [6.45, 7) is 1.41. The van der Waals surface area contributed by atoms with E-state index in [2.05, 4.69) is 30.2 Å². The zero-order valence-electron chi connectivity index (χ0n) is 11.5. The molecule has 2 aromatic rings. The maximum Gasteiger partial charge on any atom is 0.119 e. The summed E-state index contributed by atoms with van der Waals surface area (Å²) in [5.41, 5.74) is 1.20. The topological polar surface area (TPSA) is 12.5 Å². The minimum atomic E-state index is 0.560. The van der Waals surface area contributed by atoms with E-state index in [0.29, 0.717) is 6.61 Å². The molecule has 0 aliphatic carbocycles. The lowest BCUT2D eigenvalue weighted by atomic mass is 10.3. The van der Waals surface area contributed by atoms with E-state index in [9.17, 15) is 0 Å². The predicted molar refractivity (Wildman–Crippen MR) is 85.8 cm³/mol. The third kappa shape index (κ3) is 4.63. The number of benzene rings is 2. The van der Waals surface area contributed by atoms with E-state index >= 15 is 0 Å². The molecular weight excluding hydrogens is 270 g/mol. The number of halogens is 1. The molecule has 0 saturated carbocycles. The van der Waals surface area contributed by atoms with Gasteiger partial charge in [-0.05, 0) is 42.5 Å². The van der Waals surface area contributed by atoms with Crippen LogP contribution in [0.3, 0.4) is 0 Å². The maximum atomic E-state index is 5.81. The van der Waals surface area contributed by atoms with Gasteiger partial charge in [-0.3, -0.25) is 0 Å². The minimum Gasteiger partial charge on any atom is -0.490 e. The molecule has 0 unspecified atom stereocenters. The monoisotopic (exact) mass is 287 g/mol. The molecule has 0 aliphatic rings. The van der Waals surface area contributed by atoms with E-state index in [-0.39, 0.29) is 0 Å². The van der Waals surface area contributed by atoms with E-state index in [1.165, 1.54) is 5.69 Å². The summed E-state index contributed by atoms with van der Waals surface area (Å²) < 4.78 is 5.58. The van der Waals surface area contributed by atoms with Crippen molar-refractivity contribution in [1.29, 1.82) is 0 Å². The minimum absolute atomic E-state index is 0.560. The first-order chi connectivity index (χ1) is 9.75. The van der Waals surface area contributed by atoms with Gasteiger partial charge in [-0.25, -0.2) is 0 Å². The van der Waals surface area contributed by atoms with Crippen LogP contribution in [0.5, 0.6) is 5.75 Å². The molecule has 2 aromatic carbocycles. The summed E-state index contributed by atoms with van der Waals surface area (Å²) in [4.78, 5) is 2.18. The van der Waals surface area contributed by atoms with Crippen molar-refractivity contribution < 1.29 is 4.74 Å². The molecule has 0 bridgehead atoms. The molecule has 2 rings (SSSR count). The fourth-order valence-corrected chi connectivity index (χ4v) is 1.89. The largest absolute Gasteiger partial charge is 0.490 e. The van der Waals surface area contributed by atoms with Crippen molar-refractivity contribution in [3.05, 3.63) is 71.8 Å². The smallest absolute Gasteiger partial charge is 0.119 e. The van der Waals surface area contributed by atoms with Gasteiger partial charge in [0.1, 0.15) is 12.4 Å². The van der Waals surface area contributed by atoms with Gasteiger partial charge < -0.3 is 9.64 Å². The molecule has 0 N–H and O–H groups in total. The standard InChI is InChI=1S/C17H18ClNO/c1-19(16-7-3-2-4-8-16)13-5-6-14-20-17-11-9-15(18)10-12-17/h2-12H,13-14H2,1H3/b6-5+. The fraction of sp³-hybridized carbons (Fsp3) is 0.176. The first-order valence-electron chi connectivity index (χ1n) is 6.55. The lowest BCUT2D eigenvalue weighted by Gasteiger charge is -2.16. The van der Waals surface area contributed by atoms with E-state index in [0.717, 1.165) is 17.3 Å². The Kier molecular flexibility index (Phi) is 5.51. The lowest BCUT2D eigenvalue weighted by Crippen LogP contribution is -2.16. The molecular formula is C17H18ClNO. The predicted octanol–water partition coefficient (Wildman–Crippen LogP) is 4.41. The Morgan fingerprint density at radius 2 is 1.70 bits per heavy atom. The molecule has 2 nitrogen and oxygen atoms in total. The van der Waals surface area contributed by atoms with E-state index in [4.69, 9.17) is 16.3 Å². The summed E-state index contributed by atoms with van der Waals surface area (Å²) >= 11 is 5.81. The van der Waals surface area contributed by atoms with Crippen LogP contribution in [-0.2, 0) is 0 Å². The van der Waals surface area contributed by atoms with Gasteiger partial charge in [-0.15, -0.1) is 0 Å². The van der Waals surface area contributed by atoms with E-state index < -0.39 is 0 Å². The Labute approximate surface area is 125 Å². The number of hydrogen-bond acceptors (Lipinski definition) is 2. The van der Waals surface area contributed by atoms with Crippen LogP contribution in [0.2, 0.25) is 5.02 Å². The van der Waals surface area contributed by atoms with Crippen LogP contribution < -0.4 is 9.64 Å². The van der Waals surface area contributed by atoms with Crippen LogP contribution in [0.4, 0.5) is 5.69 Å². The van der Waals surface area contributed by atoms with Gasteiger partial charge in [0.05, 0.1) is 0 Å². The van der Waals surface area contributed by atoms with Crippen molar-refractivity contribution >= 4 is 17.3 Å². The van der Waals surface area contributed by atoms with Crippen molar-refractivity contribution in [2.45, 2.75) is 0 Å². The number of nitrogens with zero attached hydrogens (tertiary/aromatic N) is 1. The summed E-state index contributed by atoms with van der Waals surface area (Å²) in [7, 11) is 2.07. The fourth-order valence-electron chi connectivity index (χ4n) is 1.76. The van der Waals surface area contributed by atoms with Gasteiger partial charge in [0.25, 0.3) is 0 Å². The second-order valence-corrected chi connectivity index (χ2v) is 4.89. The van der Waals surface area contributed by atoms with Gasteiger partial charge in [0, 0.05) is 24.3 Å². The maximum absolute atomic E-state index is 5.81. The van der Waals surface area contributed by atoms with Crippen molar-refractivity contribution in [3.63, 3.8) is 0 Å². The Bertz CT molecular complexity index is 537. The molecule has 0 amide bonds. The van der Waals surface area contributed by atoms with Gasteiger partial charge in [0.2, 0.25) is 0 Å². The number of hydrogen-bond donors (Lipinski definition) is 0. The zero-order valence-corrected chi connectivity index (χ0v) is 12.3. The molecule has 3 heteroatoms. The molecule has 0 heterocycles. The Morgan fingerprint density at radius 1 is 1.00 bits per heavy atom. The highest BCUT2D eigenvalue weighted by Crippen LogP contribution is 2.15. The third-order valence-corrected chi connectivity index (χ3v) is 3.15. The molecule has 0 spiro atoms. The second kappa shape index (κ2) is 7.61. The molecule has 0 fully saturated rings. The zero-order chi connectivity index (χ0) is 14.2. The van der Waals surface area contributed by atoms with Crippen molar-refractivity contribution in [2.24, 2.45) is 0 Å². The highest BCUT2D eigenvalue weighted by Gasteiger charge is 1.96. The Morgan fingerprint density at radius 3 is 2.40 bits per heavy atom. The van der Waals surface area contributed by atoms with Crippen molar-refractivity contribution in [1.82, 2.24) is 0 Å². The molecule has 0 atom stereocenters. The van der Waals surface area contributed by atoms with Gasteiger partial charge in [0.15, 0.2) is 0 Å². The van der Waals surface area contributed by atoms with Crippen LogP contribution in [0, 0.1) is 0 Å². The normalized spacial score (nSPS) is 10.7. The van der Waals surface area contributed by atoms with E-state index in [1.807, 2.05) is 48.5 Å². The molecule has 104 valence electrons. The van der Waals surface area contributed by atoms with Crippen LogP contribution in [0.1, 0.15) is 0 Å². The Balaban J connectivity index is 1.73. The lowest BCUT2D eigenvalue weighted by molar-refractivity contribution is 0.362. The summed E-state index contributed by atoms with van der Waals surface area (Å²) in [5, 5.41) is 0.720. The highest BCUT2D eigenvalue weighted by molar-refractivity contribution is 6.30. The second-order valence-electron chi connectivity index (χ2n) is 4.45. The van der Waals surface area contributed by atoms with Crippen LogP contribution in [-0.4, -0.2) is 20.2 Å². The average molecular weight is 288 g/mol. The van der Waals surface area contributed by atoms with E-state index in [1.54, 1.807) is 0 Å². The first-order valence-corrected chi connectivity index (χ1v) is 6.93. The highest BCUT2D eigenvalue weighted by atomic mass is 35.5. The quantitative estimate of drug-likeness (QED) is 0.730. The van der Waals surface area contributed by atoms with Crippen molar-refractivity contribution in [3.8, 4) is 5.75 Å². The summed E-state index contributed by atoms with van der Waals surface area (Å²) in [6, 6.07) is 17.7. The number of rotatable bonds is 6. The van der Waals surface area contributed by atoms with Crippen LogP contribution >= 0.6 is 11.6 Å². The van der Waals surface area contributed by atoms with Crippen LogP contribution in [0.15, 0.2) is 66.7 Å². The average Bonchev–Trinajstić information content (AvgIpc) is 2.49. The molecule has 0 aliphatic heterocycles.